The summed E-state index contributed by atoms with van der Waals surface area (Å²) in [5, 5.41) is 0. The Bertz CT molecular complexity index is 1170. The Morgan fingerprint density at radius 2 is 1.53 bits per heavy atom. The van der Waals surface area contributed by atoms with Crippen LogP contribution in [0.4, 0.5) is 0 Å². The number of carbonyl (C=O) groups is 3. The van der Waals surface area contributed by atoms with Crippen LogP contribution in [0.3, 0.4) is 0 Å². The summed E-state index contributed by atoms with van der Waals surface area (Å²) in [6.07, 6.45) is 2.60. The molecule has 1 heterocycles. The molecule has 9 nitrogen and oxygen atoms in total. The van der Waals surface area contributed by atoms with Gasteiger partial charge in [0.2, 0.25) is 15.8 Å². The molecule has 0 aliphatic rings. The summed E-state index contributed by atoms with van der Waals surface area (Å²) < 4.78 is 36.5. The van der Waals surface area contributed by atoms with Crippen LogP contribution in [-0.2, 0) is 24.3 Å². The average Bonchev–Trinajstić information content (AvgIpc) is 3.10. The van der Waals surface area contributed by atoms with Crippen LogP contribution in [0.1, 0.15) is 58.4 Å². The van der Waals surface area contributed by atoms with Crippen molar-refractivity contribution in [3.8, 4) is 0 Å². The van der Waals surface area contributed by atoms with Gasteiger partial charge in [-0.25, -0.2) is 18.0 Å². The number of carbonyl (C=O) groups excluding carboxylic acids is 3. The molecule has 1 aromatic carbocycles. The number of H-pyrrole nitrogens is 1. The van der Waals surface area contributed by atoms with Crippen molar-refractivity contribution >= 4 is 33.8 Å². The summed E-state index contributed by atoms with van der Waals surface area (Å²) in [6.45, 7) is 8.86. The first kappa shape index (κ1) is 27.0. The van der Waals surface area contributed by atoms with Gasteiger partial charge in [-0.1, -0.05) is 26.0 Å². The Kier molecular flexibility index (Phi) is 9.34. The van der Waals surface area contributed by atoms with Crippen LogP contribution in [0.15, 0.2) is 35.2 Å². The first-order chi connectivity index (χ1) is 16.1. The van der Waals surface area contributed by atoms with E-state index >= 15 is 0 Å². The minimum Gasteiger partial charge on any atom is -0.462 e. The highest BCUT2D eigenvalue weighted by Gasteiger charge is 2.26. The molecular weight excluding hydrogens is 460 g/mol. The van der Waals surface area contributed by atoms with Gasteiger partial charge in [0.1, 0.15) is 0 Å². The molecule has 2 aromatic rings. The van der Waals surface area contributed by atoms with E-state index in [1.54, 1.807) is 46.8 Å². The van der Waals surface area contributed by atoms with Crippen LogP contribution in [-0.4, -0.2) is 61.7 Å². The predicted octanol–water partition coefficient (Wildman–Crippen LogP) is 3.28. The fraction of sp³-hybridized carbons (Fsp3) is 0.375. The Hall–Kier alpha value is -3.24. The van der Waals surface area contributed by atoms with Gasteiger partial charge in [-0.3, -0.25) is 4.79 Å². The highest BCUT2D eigenvalue weighted by molar-refractivity contribution is 7.89. The van der Waals surface area contributed by atoms with Gasteiger partial charge in [0, 0.05) is 30.6 Å². The second kappa shape index (κ2) is 11.8. The Morgan fingerprint density at radius 1 is 0.941 bits per heavy atom. The van der Waals surface area contributed by atoms with Gasteiger partial charge in [-0.15, -0.1) is 0 Å². The quantitative estimate of drug-likeness (QED) is 0.291. The largest absolute Gasteiger partial charge is 0.462 e. The first-order valence-electron chi connectivity index (χ1n) is 10.9. The summed E-state index contributed by atoms with van der Waals surface area (Å²) in [6, 6.07) is 6.08. The van der Waals surface area contributed by atoms with E-state index in [1.807, 2.05) is 0 Å². The minimum atomic E-state index is -3.56. The number of nitrogens with zero attached hydrogens (tertiary/aromatic N) is 1. The molecule has 0 aliphatic carbocycles. The van der Waals surface area contributed by atoms with Crippen molar-refractivity contribution in [3.05, 3.63) is 58.4 Å². The molecule has 34 heavy (non-hydrogen) atoms. The van der Waals surface area contributed by atoms with Crippen LogP contribution in [0.5, 0.6) is 0 Å². The lowest BCUT2D eigenvalue weighted by atomic mass is 10.1. The SMILES string of the molecule is CCOC(=O)c1c(C)[nH]c(C)c1C(=O)COC(=O)C=Cc1ccc(S(=O)(=O)N(CC)CC)cc1. The van der Waals surface area contributed by atoms with Gasteiger partial charge in [-0.05, 0) is 44.5 Å². The van der Waals surface area contributed by atoms with E-state index in [0.717, 1.165) is 6.08 Å². The van der Waals surface area contributed by atoms with Crippen molar-refractivity contribution in [2.45, 2.75) is 39.5 Å². The maximum absolute atomic E-state index is 12.6. The molecule has 0 amide bonds. The third-order valence-corrected chi connectivity index (χ3v) is 7.18. The molecule has 0 saturated carbocycles. The highest BCUT2D eigenvalue weighted by atomic mass is 32.2. The summed E-state index contributed by atoms with van der Waals surface area (Å²) in [7, 11) is -3.56. The van der Waals surface area contributed by atoms with Crippen molar-refractivity contribution in [2.75, 3.05) is 26.3 Å². The molecule has 2 rings (SSSR count). The van der Waals surface area contributed by atoms with Crippen molar-refractivity contribution in [3.63, 3.8) is 0 Å². The number of benzene rings is 1. The van der Waals surface area contributed by atoms with E-state index in [2.05, 4.69) is 4.98 Å². The molecule has 10 heteroatoms. The zero-order chi connectivity index (χ0) is 25.5. The summed E-state index contributed by atoms with van der Waals surface area (Å²) in [5.74, 6) is -1.90. The number of esters is 2. The summed E-state index contributed by atoms with van der Waals surface area (Å²) in [5.41, 5.74) is 1.84. The maximum atomic E-state index is 12.6. The van der Waals surface area contributed by atoms with Crippen LogP contribution >= 0.6 is 0 Å². The predicted molar refractivity (Wildman–Crippen MR) is 127 cm³/mol. The second-order valence-electron chi connectivity index (χ2n) is 7.37. The van der Waals surface area contributed by atoms with Gasteiger partial charge in [0.25, 0.3) is 0 Å². The van der Waals surface area contributed by atoms with Gasteiger partial charge in [0.15, 0.2) is 6.61 Å². The third-order valence-electron chi connectivity index (χ3n) is 5.11. The number of aromatic nitrogens is 1. The highest BCUT2D eigenvalue weighted by Crippen LogP contribution is 2.21. The first-order valence-corrected chi connectivity index (χ1v) is 12.3. The normalized spacial score (nSPS) is 11.7. The zero-order valence-corrected chi connectivity index (χ0v) is 20.8. The van der Waals surface area contributed by atoms with Crippen LogP contribution < -0.4 is 0 Å². The molecule has 0 fully saturated rings. The third kappa shape index (κ3) is 6.21. The van der Waals surface area contributed by atoms with Gasteiger partial charge < -0.3 is 14.5 Å². The summed E-state index contributed by atoms with van der Waals surface area (Å²) >= 11 is 0. The van der Waals surface area contributed by atoms with Gasteiger partial charge in [-0.2, -0.15) is 4.31 Å². The standard InChI is InChI=1S/C24H30N2O7S/c1-6-26(7-2)34(30,31)19-12-9-18(10-13-19)11-14-21(28)33-15-20(27)22-16(4)25-17(5)23(22)24(29)32-8-3/h9-14,25H,6-8,15H2,1-5H3. The van der Waals surface area contributed by atoms with Gasteiger partial charge in [0.05, 0.1) is 22.6 Å². The number of hydrogen-bond acceptors (Lipinski definition) is 7. The second-order valence-corrected chi connectivity index (χ2v) is 9.31. The van der Waals surface area contributed by atoms with Crippen molar-refractivity contribution in [1.29, 1.82) is 0 Å². The Labute approximate surface area is 199 Å². The monoisotopic (exact) mass is 490 g/mol. The summed E-state index contributed by atoms with van der Waals surface area (Å²) in [4.78, 5) is 40.0. The molecule has 0 saturated heterocycles. The fourth-order valence-corrected chi connectivity index (χ4v) is 4.93. The molecule has 0 unspecified atom stereocenters. The van der Waals surface area contributed by atoms with Crippen molar-refractivity contribution in [1.82, 2.24) is 9.29 Å². The van der Waals surface area contributed by atoms with E-state index in [-0.39, 0.29) is 22.6 Å². The molecule has 1 N–H and O–H groups in total. The van der Waals surface area contributed by atoms with Crippen LogP contribution in [0, 0.1) is 13.8 Å². The van der Waals surface area contributed by atoms with Crippen molar-refractivity contribution in [2.24, 2.45) is 0 Å². The number of Topliss-reactive ketones (excluding diaryl/α,β-unsaturated/α-hetero) is 1. The smallest absolute Gasteiger partial charge is 0.340 e. The molecule has 184 valence electrons. The van der Waals surface area contributed by atoms with E-state index in [0.29, 0.717) is 30.0 Å². The minimum absolute atomic E-state index is 0.135. The van der Waals surface area contributed by atoms with E-state index in [4.69, 9.17) is 9.47 Å². The topological polar surface area (TPSA) is 123 Å². The number of sulfonamides is 1. The van der Waals surface area contributed by atoms with Crippen LogP contribution in [0.2, 0.25) is 0 Å². The molecule has 0 radical (unpaired) electrons. The molecule has 0 aliphatic heterocycles. The number of rotatable bonds is 11. The van der Waals surface area contributed by atoms with Gasteiger partial charge >= 0.3 is 11.9 Å². The van der Waals surface area contributed by atoms with Crippen LogP contribution in [0.25, 0.3) is 6.08 Å². The number of nitrogens with one attached hydrogen (secondary N) is 1. The zero-order valence-electron chi connectivity index (χ0n) is 20.0. The Balaban J connectivity index is 2.04. The lowest BCUT2D eigenvalue weighted by Gasteiger charge is -2.18. The average molecular weight is 491 g/mol. The molecule has 0 spiro atoms. The number of hydrogen-bond donors (Lipinski definition) is 1. The lowest BCUT2D eigenvalue weighted by molar-refractivity contribution is -0.136. The molecular formula is C24H30N2O7S. The number of ether oxygens (including phenoxy) is 2. The number of aryl methyl sites for hydroxylation is 2. The molecule has 1 aromatic heterocycles. The maximum Gasteiger partial charge on any atom is 0.340 e. The molecule has 0 bridgehead atoms. The molecule has 0 atom stereocenters. The van der Waals surface area contributed by atoms with Crippen molar-refractivity contribution < 1.29 is 32.3 Å². The van der Waals surface area contributed by atoms with E-state index < -0.39 is 34.4 Å². The Morgan fingerprint density at radius 3 is 2.09 bits per heavy atom. The van der Waals surface area contributed by atoms with E-state index in [9.17, 15) is 22.8 Å². The lowest BCUT2D eigenvalue weighted by Crippen LogP contribution is -2.30. The number of aromatic amines is 1. The number of ketones is 1. The fourth-order valence-electron chi connectivity index (χ4n) is 3.47. The van der Waals surface area contributed by atoms with E-state index in [1.165, 1.54) is 22.5 Å².